The summed E-state index contributed by atoms with van der Waals surface area (Å²) in [6, 6.07) is 6.90. The summed E-state index contributed by atoms with van der Waals surface area (Å²) in [7, 11) is 0. The van der Waals surface area contributed by atoms with Gasteiger partial charge in [0.25, 0.3) is 5.72 Å². The predicted molar refractivity (Wildman–Crippen MR) is 88.2 cm³/mol. The minimum atomic E-state index is -1.58. The lowest BCUT2D eigenvalue weighted by molar-refractivity contribution is -0.135. The van der Waals surface area contributed by atoms with Crippen molar-refractivity contribution >= 4 is 12.2 Å². The molecule has 0 aromatic heterocycles. The van der Waals surface area contributed by atoms with Crippen LogP contribution in [0, 0.1) is 0 Å². The number of fused-ring (bicyclic) bond motifs is 6. The number of ether oxygens (including phenoxy) is 5. The summed E-state index contributed by atoms with van der Waals surface area (Å²) in [5, 5.41) is 0. The number of hydrogen-bond donors (Lipinski definition) is 0. The highest BCUT2D eigenvalue weighted by Crippen LogP contribution is 2.54. The molecule has 1 spiro atoms. The Morgan fingerprint density at radius 3 is 2.59 bits per heavy atom. The maximum absolute atomic E-state index is 13.5. The summed E-state index contributed by atoms with van der Waals surface area (Å²) in [5.41, 5.74) is 0.239. The van der Waals surface area contributed by atoms with Gasteiger partial charge in [-0.15, -0.1) is 0 Å². The fraction of sp³-hybridized carbons (Fsp3) is 0.263. The van der Waals surface area contributed by atoms with Gasteiger partial charge in [-0.3, -0.25) is 14.5 Å². The van der Waals surface area contributed by atoms with Gasteiger partial charge in [-0.05, 0) is 36.2 Å². The monoisotopic (exact) mass is 367 g/mol. The Balaban J connectivity index is 1.60. The smallest absolute Gasteiger partial charge is 0.276 e. The van der Waals surface area contributed by atoms with Gasteiger partial charge in [0.1, 0.15) is 0 Å². The number of rotatable bonds is 1. The molecule has 8 nitrogen and oxygen atoms in total. The molecule has 6 rings (SSSR count). The molecule has 0 N–H and O–H groups in total. The first-order chi connectivity index (χ1) is 13.2. The minimum absolute atomic E-state index is 0.0585. The van der Waals surface area contributed by atoms with Gasteiger partial charge < -0.3 is 23.7 Å². The standard InChI is InChI=1S/C19H13NO7/c21-7-20-4-3-10-5-14-15(25-8-24-14)6-12(10)19(20)18(22)11-1-2-13-17(16(11)27-19)26-9-23-13/h1-2,5-7H,3-4,8-9H2. The van der Waals surface area contributed by atoms with Gasteiger partial charge >= 0.3 is 0 Å². The topological polar surface area (TPSA) is 83.5 Å². The van der Waals surface area contributed by atoms with E-state index in [0.717, 1.165) is 5.56 Å². The van der Waals surface area contributed by atoms with Crippen LogP contribution in [0.25, 0.3) is 0 Å². The quantitative estimate of drug-likeness (QED) is 0.708. The fourth-order valence-electron chi connectivity index (χ4n) is 4.16. The molecule has 4 aliphatic rings. The lowest BCUT2D eigenvalue weighted by Gasteiger charge is -2.41. The number of Topliss-reactive ketones (excluding diaryl/α,β-unsaturated/α-hetero) is 1. The van der Waals surface area contributed by atoms with E-state index in [1.165, 1.54) is 4.90 Å². The van der Waals surface area contributed by atoms with Crippen LogP contribution in [0.1, 0.15) is 21.5 Å². The average Bonchev–Trinajstić information content (AvgIpc) is 3.39. The van der Waals surface area contributed by atoms with Crippen LogP contribution in [0.15, 0.2) is 24.3 Å². The number of carbonyl (C=O) groups is 2. The molecular formula is C19H13NO7. The van der Waals surface area contributed by atoms with E-state index in [9.17, 15) is 9.59 Å². The second-order valence-corrected chi connectivity index (χ2v) is 6.66. The molecule has 0 bridgehead atoms. The molecule has 2 aromatic rings. The van der Waals surface area contributed by atoms with Gasteiger partial charge in [-0.1, -0.05) is 0 Å². The van der Waals surface area contributed by atoms with E-state index in [1.807, 2.05) is 6.07 Å². The maximum Gasteiger partial charge on any atom is 0.276 e. The maximum atomic E-state index is 13.5. The third-order valence-corrected chi connectivity index (χ3v) is 5.41. The lowest BCUT2D eigenvalue weighted by atomic mass is 9.85. The highest BCUT2D eigenvalue weighted by Gasteiger charge is 2.58. The van der Waals surface area contributed by atoms with Crippen molar-refractivity contribution in [3.05, 3.63) is 41.0 Å². The van der Waals surface area contributed by atoms with E-state index in [2.05, 4.69) is 0 Å². The van der Waals surface area contributed by atoms with Crippen molar-refractivity contribution in [1.29, 1.82) is 0 Å². The zero-order valence-corrected chi connectivity index (χ0v) is 14.0. The lowest BCUT2D eigenvalue weighted by Crippen LogP contribution is -2.56. The molecule has 0 aliphatic carbocycles. The van der Waals surface area contributed by atoms with Crippen molar-refractivity contribution in [2.75, 3.05) is 20.1 Å². The van der Waals surface area contributed by atoms with E-state index in [1.54, 1.807) is 18.2 Å². The molecule has 0 radical (unpaired) electrons. The Labute approximate surface area is 153 Å². The highest BCUT2D eigenvalue weighted by molar-refractivity contribution is 6.10. The van der Waals surface area contributed by atoms with Gasteiger partial charge in [0.2, 0.25) is 31.5 Å². The van der Waals surface area contributed by atoms with E-state index >= 15 is 0 Å². The molecule has 27 heavy (non-hydrogen) atoms. The third-order valence-electron chi connectivity index (χ3n) is 5.41. The number of benzene rings is 2. The van der Waals surface area contributed by atoms with Crippen LogP contribution in [-0.2, 0) is 16.9 Å². The molecule has 2 aromatic carbocycles. The summed E-state index contributed by atoms with van der Waals surface area (Å²) in [6.45, 7) is 0.523. The normalized spacial score (nSPS) is 23.3. The molecule has 4 heterocycles. The van der Waals surface area contributed by atoms with Crippen molar-refractivity contribution in [3.63, 3.8) is 0 Å². The van der Waals surface area contributed by atoms with Crippen LogP contribution in [0.2, 0.25) is 0 Å². The molecule has 0 saturated heterocycles. The summed E-state index contributed by atoms with van der Waals surface area (Å²) in [6.07, 6.45) is 1.23. The Morgan fingerprint density at radius 2 is 1.74 bits per heavy atom. The van der Waals surface area contributed by atoms with Crippen LogP contribution in [0.4, 0.5) is 0 Å². The molecule has 1 atom stereocenters. The number of amides is 1. The highest BCUT2D eigenvalue weighted by atomic mass is 16.7. The van der Waals surface area contributed by atoms with Crippen LogP contribution in [0.3, 0.4) is 0 Å². The summed E-state index contributed by atoms with van der Waals surface area (Å²) >= 11 is 0. The van der Waals surface area contributed by atoms with Crippen LogP contribution in [0.5, 0.6) is 28.7 Å². The predicted octanol–water partition coefficient (Wildman–Crippen LogP) is 1.59. The first kappa shape index (κ1) is 14.7. The SMILES string of the molecule is O=CN1CCc2cc3c(cc2C12Oc1c(ccc4c1OCO4)C2=O)OCO3. The Bertz CT molecular complexity index is 1030. The van der Waals surface area contributed by atoms with Crippen molar-refractivity contribution in [1.82, 2.24) is 4.90 Å². The summed E-state index contributed by atoms with van der Waals surface area (Å²) < 4.78 is 28.0. The van der Waals surface area contributed by atoms with Gasteiger partial charge in [0.05, 0.1) is 5.56 Å². The van der Waals surface area contributed by atoms with Crippen molar-refractivity contribution in [3.8, 4) is 28.7 Å². The molecule has 1 unspecified atom stereocenters. The number of ketones is 1. The van der Waals surface area contributed by atoms with Crippen molar-refractivity contribution in [2.45, 2.75) is 12.1 Å². The first-order valence-corrected chi connectivity index (χ1v) is 8.54. The number of nitrogens with zero attached hydrogens (tertiary/aromatic N) is 1. The Morgan fingerprint density at radius 1 is 0.963 bits per heavy atom. The van der Waals surface area contributed by atoms with Gasteiger partial charge in [-0.25, -0.2) is 0 Å². The van der Waals surface area contributed by atoms with Crippen LogP contribution < -0.4 is 23.7 Å². The zero-order valence-electron chi connectivity index (χ0n) is 14.0. The van der Waals surface area contributed by atoms with E-state index in [0.29, 0.717) is 59.3 Å². The van der Waals surface area contributed by atoms with E-state index in [-0.39, 0.29) is 19.4 Å². The molecule has 0 fully saturated rings. The second kappa shape index (κ2) is 4.85. The van der Waals surface area contributed by atoms with Gasteiger partial charge in [0.15, 0.2) is 23.0 Å². The number of hydrogen-bond acceptors (Lipinski definition) is 7. The second-order valence-electron chi connectivity index (χ2n) is 6.66. The molecular weight excluding hydrogens is 354 g/mol. The van der Waals surface area contributed by atoms with Crippen molar-refractivity contribution < 1.29 is 33.3 Å². The Hall–Kier alpha value is -3.42. The molecule has 0 saturated carbocycles. The van der Waals surface area contributed by atoms with Crippen LogP contribution >= 0.6 is 0 Å². The minimum Gasteiger partial charge on any atom is -0.454 e. The summed E-state index contributed by atoms with van der Waals surface area (Å²) in [5.74, 6) is 2.03. The largest absolute Gasteiger partial charge is 0.454 e. The van der Waals surface area contributed by atoms with E-state index < -0.39 is 5.72 Å². The molecule has 4 aliphatic heterocycles. The molecule has 136 valence electrons. The van der Waals surface area contributed by atoms with Crippen molar-refractivity contribution in [2.24, 2.45) is 0 Å². The van der Waals surface area contributed by atoms with Crippen LogP contribution in [-0.4, -0.2) is 37.2 Å². The van der Waals surface area contributed by atoms with Gasteiger partial charge in [-0.2, -0.15) is 0 Å². The Kier molecular flexibility index (Phi) is 2.64. The first-order valence-electron chi connectivity index (χ1n) is 8.54. The number of carbonyl (C=O) groups excluding carboxylic acids is 2. The van der Waals surface area contributed by atoms with Gasteiger partial charge in [0, 0.05) is 12.1 Å². The molecule has 8 heteroatoms. The zero-order chi connectivity index (χ0) is 18.2. The third kappa shape index (κ3) is 1.67. The summed E-state index contributed by atoms with van der Waals surface area (Å²) in [4.78, 5) is 26.8. The fourth-order valence-corrected chi connectivity index (χ4v) is 4.16. The van der Waals surface area contributed by atoms with E-state index in [4.69, 9.17) is 23.7 Å². The average molecular weight is 367 g/mol. The molecule has 1 amide bonds.